The van der Waals surface area contributed by atoms with Crippen molar-refractivity contribution in [3.63, 3.8) is 0 Å². The molecule has 2 atom stereocenters. The van der Waals surface area contributed by atoms with E-state index in [0.29, 0.717) is 25.9 Å². The van der Waals surface area contributed by atoms with E-state index in [1.165, 1.54) is 0 Å². The summed E-state index contributed by atoms with van der Waals surface area (Å²) in [4.78, 5) is 23.9. The highest BCUT2D eigenvalue weighted by Crippen LogP contribution is 2.24. The van der Waals surface area contributed by atoms with Crippen LogP contribution in [0.5, 0.6) is 0 Å². The number of nitrogens with zero attached hydrogens (tertiary/aromatic N) is 1. The molecule has 1 saturated heterocycles. The van der Waals surface area contributed by atoms with Crippen LogP contribution >= 0.6 is 0 Å². The Hall–Kier alpha value is -1.10. The van der Waals surface area contributed by atoms with Gasteiger partial charge in [-0.05, 0) is 13.3 Å². The number of rotatable bonds is 3. The average molecular weight is 200 g/mol. The van der Waals surface area contributed by atoms with Crippen molar-refractivity contribution in [2.75, 3.05) is 13.1 Å². The molecule has 1 rings (SSSR count). The highest BCUT2D eigenvalue weighted by Gasteiger charge is 2.37. The molecule has 3 N–H and O–H groups in total. The Morgan fingerprint density at radius 1 is 1.57 bits per heavy atom. The predicted molar refractivity (Wildman–Crippen MR) is 50.6 cm³/mol. The molecule has 80 valence electrons. The number of hydrogen-bond donors (Lipinski definition) is 2. The molecule has 1 aliphatic heterocycles. The molecular formula is C9H16N2O3. The molecule has 14 heavy (non-hydrogen) atoms. The van der Waals surface area contributed by atoms with Gasteiger partial charge in [-0.2, -0.15) is 0 Å². The second-order valence-electron chi connectivity index (χ2n) is 3.60. The lowest BCUT2D eigenvalue weighted by molar-refractivity contribution is -0.143. The van der Waals surface area contributed by atoms with Crippen LogP contribution in [0.4, 0.5) is 0 Å². The summed E-state index contributed by atoms with van der Waals surface area (Å²) in [7, 11) is 0. The number of carbonyl (C=O) groups excluding carboxylic acids is 1. The Bertz CT molecular complexity index is 242. The van der Waals surface area contributed by atoms with Crippen LogP contribution in [-0.4, -0.2) is 41.0 Å². The summed E-state index contributed by atoms with van der Waals surface area (Å²) in [6.07, 6.45) is 0.851. The van der Waals surface area contributed by atoms with Gasteiger partial charge in [0, 0.05) is 25.6 Å². The minimum Gasteiger partial charge on any atom is -0.481 e. The zero-order chi connectivity index (χ0) is 10.7. The summed E-state index contributed by atoms with van der Waals surface area (Å²) >= 11 is 0. The van der Waals surface area contributed by atoms with Gasteiger partial charge in [0.1, 0.15) is 0 Å². The number of amides is 1. The fourth-order valence-corrected chi connectivity index (χ4v) is 1.89. The molecule has 0 aromatic carbocycles. The molecule has 1 heterocycles. The normalized spacial score (nSPS) is 26.6. The van der Waals surface area contributed by atoms with Gasteiger partial charge in [0.05, 0.1) is 5.92 Å². The molecule has 0 aromatic rings. The molecule has 1 fully saturated rings. The first-order valence-electron chi connectivity index (χ1n) is 4.80. The molecule has 0 aliphatic carbocycles. The summed E-state index contributed by atoms with van der Waals surface area (Å²) in [6.45, 7) is 2.64. The van der Waals surface area contributed by atoms with Crippen LogP contribution in [0.3, 0.4) is 0 Å². The SMILES string of the molecule is CC1C(C(=O)O)CCN1C(=O)CCN. The second kappa shape index (κ2) is 4.41. The zero-order valence-corrected chi connectivity index (χ0v) is 8.27. The number of hydrogen-bond acceptors (Lipinski definition) is 3. The van der Waals surface area contributed by atoms with Crippen LogP contribution in [0.25, 0.3) is 0 Å². The monoisotopic (exact) mass is 200 g/mol. The molecule has 0 bridgehead atoms. The van der Waals surface area contributed by atoms with Crippen molar-refractivity contribution in [3.05, 3.63) is 0 Å². The van der Waals surface area contributed by atoms with Crippen LogP contribution in [0.2, 0.25) is 0 Å². The predicted octanol–water partition coefficient (Wildman–Crippen LogP) is -0.343. The summed E-state index contributed by atoms with van der Waals surface area (Å²) in [5.41, 5.74) is 5.27. The fraction of sp³-hybridized carbons (Fsp3) is 0.778. The standard InChI is InChI=1S/C9H16N2O3/c1-6-7(9(13)14)3-5-11(6)8(12)2-4-10/h6-7H,2-5,10H2,1H3,(H,13,14). The zero-order valence-electron chi connectivity index (χ0n) is 8.27. The lowest BCUT2D eigenvalue weighted by atomic mass is 10.0. The van der Waals surface area contributed by atoms with Crippen molar-refractivity contribution in [3.8, 4) is 0 Å². The third-order valence-electron chi connectivity index (χ3n) is 2.75. The van der Waals surface area contributed by atoms with Gasteiger partial charge >= 0.3 is 5.97 Å². The lowest BCUT2D eigenvalue weighted by Gasteiger charge is -2.22. The second-order valence-corrected chi connectivity index (χ2v) is 3.60. The Balaban J connectivity index is 2.59. The Morgan fingerprint density at radius 3 is 2.64 bits per heavy atom. The molecular weight excluding hydrogens is 184 g/mol. The number of carbonyl (C=O) groups is 2. The number of nitrogens with two attached hydrogens (primary N) is 1. The van der Waals surface area contributed by atoms with Crippen LogP contribution in [0.1, 0.15) is 19.8 Å². The third kappa shape index (κ3) is 2.04. The van der Waals surface area contributed by atoms with Crippen LogP contribution in [0.15, 0.2) is 0 Å². The van der Waals surface area contributed by atoms with E-state index in [4.69, 9.17) is 10.8 Å². The van der Waals surface area contributed by atoms with Crippen molar-refractivity contribution in [1.29, 1.82) is 0 Å². The largest absolute Gasteiger partial charge is 0.481 e. The number of aliphatic carboxylic acids is 1. The van der Waals surface area contributed by atoms with Gasteiger partial charge in [-0.15, -0.1) is 0 Å². The highest BCUT2D eigenvalue weighted by molar-refractivity contribution is 5.79. The smallest absolute Gasteiger partial charge is 0.308 e. The fourth-order valence-electron chi connectivity index (χ4n) is 1.89. The molecule has 0 radical (unpaired) electrons. The molecule has 1 amide bonds. The minimum atomic E-state index is -0.819. The average Bonchev–Trinajstić information content (AvgIpc) is 2.47. The number of likely N-dealkylation sites (tertiary alicyclic amines) is 1. The quantitative estimate of drug-likeness (QED) is 0.652. The molecule has 0 aromatic heterocycles. The van der Waals surface area contributed by atoms with Crippen molar-refractivity contribution in [2.24, 2.45) is 11.7 Å². The molecule has 5 heteroatoms. The van der Waals surface area contributed by atoms with Gasteiger partial charge in [-0.25, -0.2) is 0 Å². The molecule has 2 unspecified atom stereocenters. The third-order valence-corrected chi connectivity index (χ3v) is 2.75. The summed E-state index contributed by atoms with van der Waals surface area (Å²) in [6, 6.07) is -0.202. The minimum absolute atomic E-state index is 0.0382. The van der Waals surface area contributed by atoms with Gasteiger partial charge in [-0.3, -0.25) is 9.59 Å². The summed E-state index contributed by atoms with van der Waals surface area (Å²) < 4.78 is 0. The highest BCUT2D eigenvalue weighted by atomic mass is 16.4. The van der Waals surface area contributed by atoms with E-state index < -0.39 is 11.9 Å². The summed E-state index contributed by atoms with van der Waals surface area (Å²) in [5, 5.41) is 8.85. The van der Waals surface area contributed by atoms with Crippen LogP contribution in [0, 0.1) is 5.92 Å². The first kappa shape index (κ1) is 11.0. The van der Waals surface area contributed by atoms with Crippen molar-refractivity contribution in [2.45, 2.75) is 25.8 Å². The molecule has 0 spiro atoms. The Kier molecular flexibility index (Phi) is 3.46. The lowest BCUT2D eigenvalue weighted by Crippen LogP contribution is -2.38. The van der Waals surface area contributed by atoms with Crippen LogP contribution in [-0.2, 0) is 9.59 Å². The molecule has 1 aliphatic rings. The van der Waals surface area contributed by atoms with Gasteiger partial charge in [0.25, 0.3) is 0 Å². The first-order valence-corrected chi connectivity index (χ1v) is 4.80. The van der Waals surface area contributed by atoms with E-state index >= 15 is 0 Å². The van der Waals surface area contributed by atoms with Crippen molar-refractivity contribution in [1.82, 2.24) is 4.90 Å². The maximum absolute atomic E-state index is 11.5. The van der Waals surface area contributed by atoms with Crippen LogP contribution < -0.4 is 5.73 Å². The molecule has 0 saturated carbocycles. The van der Waals surface area contributed by atoms with E-state index in [0.717, 1.165) is 0 Å². The van der Waals surface area contributed by atoms with Gasteiger partial charge in [0.2, 0.25) is 5.91 Å². The Morgan fingerprint density at radius 2 is 2.21 bits per heavy atom. The van der Waals surface area contributed by atoms with E-state index in [-0.39, 0.29) is 11.9 Å². The van der Waals surface area contributed by atoms with E-state index in [1.807, 2.05) is 0 Å². The van der Waals surface area contributed by atoms with E-state index in [9.17, 15) is 9.59 Å². The van der Waals surface area contributed by atoms with Gasteiger partial charge in [0.15, 0.2) is 0 Å². The maximum Gasteiger partial charge on any atom is 0.308 e. The van der Waals surface area contributed by atoms with Crippen molar-refractivity contribution >= 4 is 11.9 Å². The van der Waals surface area contributed by atoms with E-state index in [2.05, 4.69) is 0 Å². The Labute approximate surface area is 82.9 Å². The topological polar surface area (TPSA) is 83.6 Å². The molecule has 5 nitrogen and oxygen atoms in total. The van der Waals surface area contributed by atoms with Gasteiger partial charge in [-0.1, -0.05) is 0 Å². The number of carboxylic acids is 1. The van der Waals surface area contributed by atoms with Gasteiger partial charge < -0.3 is 15.7 Å². The summed E-state index contributed by atoms with van der Waals surface area (Å²) in [5.74, 6) is -1.28. The first-order chi connectivity index (χ1) is 6.57. The number of carboxylic acid groups (broad SMARTS) is 1. The van der Waals surface area contributed by atoms with E-state index in [1.54, 1.807) is 11.8 Å². The maximum atomic E-state index is 11.5. The van der Waals surface area contributed by atoms with Crippen molar-refractivity contribution < 1.29 is 14.7 Å².